The number of ether oxygens (including phenoxy) is 1. The van der Waals surface area contributed by atoms with E-state index in [1.807, 2.05) is 0 Å². The largest absolute Gasteiger partial charge is 0.481 e. The van der Waals surface area contributed by atoms with E-state index in [0.29, 0.717) is 30.2 Å². The average molecular weight is 659 g/mol. The second kappa shape index (κ2) is 13.0. The smallest absolute Gasteiger partial charge is 0.309 e. The van der Waals surface area contributed by atoms with Gasteiger partial charge in [-0.1, -0.05) is 60.9 Å². The maximum atomic E-state index is 14.9. The SMILES string of the molecule is CC(Oc1ccc(F)cc1F)(C(=O)N(c1ccccc1)c1nc(CC(=O)O)c(F)s1)c1ccc(S(=O)(=O)C2CCCCC2)cc1. The van der Waals surface area contributed by atoms with Gasteiger partial charge in [0.25, 0.3) is 5.91 Å². The van der Waals surface area contributed by atoms with Crippen LogP contribution in [0.5, 0.6) is 5.75 Å². The van der Waals surface area contributed by atoms with Gasteiger partial charge in [0.15, 0.2) is 26.5 Å². The van der Waals surface area contributed by atoms with Crippen molar-refractivity contribution in [2.45, 2.75) is 61.2 Å². The molecule has 1 atom stereocenters. The zero-order valence-corrected chi connectivity index (χ0v) is 25.7. The van der Waals surface area contributed by atoms with Gasteiger partial charge in [-0.25, -0.2) is 22.2 Å². The van der Waals surface area contributed by atoms with Gasteiger partial charge < -0.3 is 9.84 Å². The fourth-order valence-electron chi connectivity index (χ4n) is 5.31. The predicted molar refractivity (Wildman–Crippen MR) is 162 cm³/mol. The van der Waals surface area contributed by atoms with Crippen molar-refractivity contribution < 1.29 is 41.0 Å². The summed E-state index contributed by atoms with van der Waals surface area (Å²) in [5.41, 5.74) is -2.18. The zero-order chi connectivity index (χ0) is 32.4. The number of para-hydroxylation sites is 1. The lowest BCUT2D eigenvalue weighted by Crippen LogP contribution is -2.47. The highest BCUT2D eigenvalue weighted by Gasteiger charge is 2.44. The Morgan fingerprint density at radius 2 is 1.67 bits per heavy atom. The Bertz CT molecular complexity index is 1810. The van der Waals surface area contributed by atoms with Crippen molar-refractivity contribution in [1.82, 2.24) is 4.98 Å². The minimum Gasteiger partial charge on any atom is -0.481 e. The topological polar surface area (TPSA) is 114 Å². The number of carboxylic acids is 1. The Hall–Kier alpha value is -4.23. The molecule has 3 aromatic carbocycles. The third-order valence-electron chi connectivity index (χ3n) is 7.71. The molecule has 1 heterocycles. The number of amides is 1. The van der Waals surface area contributed by atoms with Gasteiger partial charge in [0, 0.05) is 11.6 Å². The highest BCUT2D eigenvalue weighted by atomic mass is 32.2. The Balaban J connectivity index is 1.63. The molecule has 1 N–H and O–H groups in total. The van der Waals surface area contributed by atoms with Crippen LogP contribution >= 0.6 is 11.3 Å². The Morgan fingerprint density at radius 3 is 2.29 bits per heavy atom. The third-order valence-corrected chi connectivity index (χ3v) is 10.9. The minimum atomic E-state index is -3.66. The highest BCUT2D eigenvalue weighted by molar-refractivity contribution is 7.92. The fourth-order valence-corrected chi connectivity index (χ4v) is 7.99. The van der Waals surface area contributed by atoms with Crippen LogP contribution < -0.4 is 9.64 Å². The number of halogens is 3. The van der Waals surface area contributed by atoms with E-state index in [9.17, 15) is 36.3 Å². The maximum absolute atomic E-state index is 14.9. The maximum Gasteiger partial charge on any atom is 0.309 e. The second-order valence-corrected chi connectivity index (χ2v) is 14.0. The standard InChI is InChI=1S/C32H29F3N2O6S2/c1-32(43-27-17-14-21(33)18-25(27)34,20-12-15-24(16-13-20)45(41,42)23-10-6-3-7-11-23)30(40)37(22-8-4-2-5-9-22)31-36-26(19-28(38)39)29(35)44-31/h2,4-5,8-9,12-18,23H,3,6-7,10-11,19H2,1H3,(H,38,39). The lowest BCUT2D eigenvalue weighted by atomic mass is 9.93. The van der Waals surface area contributed by atoms with Crippen molar-refractivity contribution in [2.75, 3.05) is 4.90 Å². The fraction of sp³-hybridized carbons (Fsp3) is 0.281. The molecule has 0 spiro atoms. The minimum absolute atomic E-state index is 0.0566. The molecule has 4 aromatic rings. The number of carbonyl (C=O) groups is 2. The summed E-state index contributed by atoms with van der Waals surface area (Å²) >= 11 is 0.437. The first-order valence-corrected chi connectivity index (χ1v) is 16.5. The van der Waals surface area contributed by atoms with Crippen molar-refractivity contribution in [2.24, 2.45) is 0 Å². The van der Waals surface area contributed by atoms with E-state index in [4.69, 9.17) is 4.74 Å². The molecule has 1 fully saturated rings. The molecule has 1 unspecified atom stereocenters. The number of thiazole rings is 1. The van der Waals surface area contributed by atoms with Crippen LogP contribution in [0.4, 0.5) is 24.0 Å². The quantitative estimate of drug-likeness (QED) is 0.196. The lowest BCUT2D eigenvalue weighted by Gasteiger charge is -2.34. The van der Waals surface area contributed by atoms with E-state index in [2.05, 4.69) is 4.98 Å². The van der Waals surface area contributed by atoms with Gasteiger partial charge in [-0.15, -0.1) is 0 Å². The Kier molecular flexibility index (Phi) is 9.31. The summed E-state index contributed by atoms with van der Waals surface area (Å²) in [6.07, 6.45) is 2.96. The predicted octanol–water partition coefficient (Wildman–Crippen LogP) is 6.95. The van der Waals surface area contributed by atoms with Crippen molar-refractivity contribution in [3.8, 4) is 5.75 Å². The first kappa shape index (κ1) is 32.2. The van der Waals surface area contributed by atoms with E-state index in [-0.39, 0.29) is 27.0 Å². The van der Waals surface area contributed by atoms with Crippen molar-refractivity contribution in [1.29, 1.82) is 0 Å². The van der Waals surface area contributed by atoms with E-state index in [1.54, 1.807) is 18.2 Å². The van der Waals surface area contributed by atoms with Crippen LogP contribution in [-0.4, -0.2) is 35.6 Å². The number of sulfone groups is 1. The number of carboxylic acid groups (broad SMARTS) is 1. The molecule has 1 saturated carbocycles. The first-order valence-electron chi connectivity index (χ1n) is 14.2. The molecule has 45 heavy (non-hydrogen) atoms. The average Bonchev–Trinajstić information content (AvgIpc) is 3.37. The molecule has 0 saturated heterocycles. The number of rotatable bonds is 10. The zero-order valence-electron chi connectivity index (χ0n) is 24.1. The van der Waals surface area contributed by atoms with Crippen molar-refractivity contribution >= 4 is 43.9 Å². The van der Waals surface area contributed by atoms with Crippen LogP contribution in [0.15, 0.2) is 77.7 Å². The monoisotopic (exact) mass is 658 g/mol. The van der Waals surface area contributed by atoms with E-state index >= 15 is 0 Å². The number of anilines is 2. The molecule has 13 heteroatoms. The van der Waals surface area contributed by atoms with Crippen LogP contribution in [0.2, 0.25) is 0 Å². The van der Waals surface area contributed by atoms with Crippen LogP contribution in [0.3, 0.4) is 0 Å². The van der Waals surface area contributed by atoms with Crippen LogP contribution in [0.1, 0.15) is 50.3 Å². The normalized spacial score (nSPS) is 15.3. The molecule has 1 aliphatic rings. The van der Waals surface area contributed by atoms with E-state index < -0.39 is 61.5 Å². The molecule has 0 aliphatic heterocycles. The van der Waals surface area contributed by atoms with Crippen molar-refractivity contribution in [3.05, 3.63) is 101 Å². The van der Waals surface area contributed by atoms with Gasteiger partial charge in [-0.05, 0) is 56.2 Å². The van der Waals surface area contributed by atoms with Crippen LogP contribution in [-0.2, 0) is 31.4 Å². The lowest BCUT2D eigenvalue weighted by molar-refractivity contribution is -0.136. The summed E-state index contributed by atoms with van der Waals surface area (Å²) in [5.74, 6) is -4.67. The molecular weight excluding hydrogens is 629 g/mol. The Morgan fingerprint density at radius 1 is 1.00 bits per heavy atom. The van der Waals surface area contributed by atoms with Crippen LogP contribution in [0, 0.1) is 16.8 Å². The molecule has 236 valence electrons. The molecule has 8 nitrogen and oxygen atoms in total. The number of hydrogen-bond acceptors (Lipinski definition) is 7. The summed E-state index contributed by atoms with van der Waals surface area (Å²) in [6, 6.07) is 16.0. The number of hydrogen-bond donors (Lipinski definition) is 1. The van der Waals surface area contributed by atoms with Gasteiger partial charge in [-0.3, -0.25) is 14.5 Å². The number of aliphatic carboxylic acids is 1. The molecule has 1 amide bonds. The molecule has 0 radical (unpaired) electrons. The number of benzene rings is 3. The van der Waals surface area contributed by atoms with E-state index in [0.717, 1.165) is 36.3 Å². The number of aromatic nitrogens is 1. The van der Waals surface area contributed by atoms with Gasteiger partial charge >= 0.3 is 5.97 Å². The van der Waals surface area contributed by atoms with Crippen molar-refractivity contribution in [3.63, 3.8) is 0 Å². The van der Waals surface area contributed by atoms with Gasteiger partial charge in [-0.2, -0.15) is 4.39 Å². The van der Waals surface area contributed by atoms with Crippen LogP contribution in [0.25, 0.3) is 0 Å². The van der Waals surface area contributed by atoms with Gasteiger partial charge in [0.05, 0.1) is 22.3 Å². The highest BCUT2D eigenvalue weighted by Crippen LogP contribution is 2.39. The summed E-state index contributed by atoms with van der Waals surface area (Å²) in [4.78, 5) is 31.1. The molecule has 5 rings (SSSR count). The second-order valence-electron chi connectivity index (χ2n) is 10.8. The van der Waals surface area contributed by atoms with E-state index in [1.165, 1.54) is 43.3 Å². The molecule has 0 bridgehead atoms. The molecular formula is C32H29F3N2O6S2. The Labute approximate surface area is 262 Å². The summed E-state index contributed by atoms with van der Waals surface area (Å²) in [7, 11) is -3.66. The third kappa shape index (κ3) is 6.74. The number of nitrogens with zero attached hydrogens (tertiary/aromatic N) is 2. The first-order chi connectivity index (χ1) is 21.4. The molecule has 1 aliphatic carbocycles. The summed E-state index contributed by atoms with van der Waals surface area (Å²) in [6.45, 7) is 1.32. The summed E-state index contributed by atoms with van der Waals surface area (Å²) < 4.78 is 76.3. The van der Waals surface area contributed by atoms with Gasteiger partial charge in [0.1, 0.15) is 11.5 Å². The molecule has 1 aromatic heterocycles. The van der Waals surface area contributed by atoms with Gasteiger partial charge in [0.2, 0.25) is 10.7 Å². The summed E-state index contributed by atoms with van der Waals surface area (Å²) in [5, 5.41) is 7.55. The number of carbonyl (C=O) groups excluding carboxylic acids is 1.